The summed E-state index contributed by atoms with van der Waals surface area (Å²) < 4.78 is 59.5. The fourth-order valence-electron chi connectivity index (χ4n) is 4.03. The van der Waals surface area contributed by atoms with Gasteiger partial charge in [0.1, 0.15) is 27.5 Å². The standard InChI is InChI=1S/C23H26F4N4O3S/c1-21(2,30-19(33)22(8-3-9-22)23(25,26)27)18(32)29-20-28-16(14-4-6-15(24)7-5-14)17(35-20)31-10-12-34-13-11-31/h4-7H,3,8-13H2,1-2H3,(H,30,33)(H,28,29,32). The lowest BCUT2D eigenvalue weighted by atomic mass is 9.67. The zero-order chi connectivity index (χ0) is 25.4. The minimum atomic E-state index is -4.69. The van der Waals surface area contributed by atoms with E-state index >= 15 is 0 Å². The number of aromatic nitrogens is 1. The summed E-state index contributed by atoms with van der Waals surface area (Å²) >= 11 is 1.19. The molecule has 0 spiro atoms. The Labute approximate surface area is 203 Å². The Balaban J connectivity index is 1.55. The second-order valence-corrected chi connectivity index (χ2v) is 10.2. The molecule has 0 bridgehead atoms. The molecule has 2 aromatic rings. The second-order valence-electron chi connectivity index (χ2n) is 9.25. The van der Waals surface area contributed by atoms with Crippen molar-refractivity contribution < 1.29 is 31.9 Å². The summed E-state index contributed by atoms with van der Waals surface area (Å²) in [4.78, 5) is 32.1. The molecule has 0 radical (unpaired) electrons. The van der Waals surface area contributed by atoms with E-state index in [2.05, 4.69) is 15.6 Å². The zero-order valence-corrected chi connectivity index (χ0v) is 20.1. The van der Waals surface area contributed by atoms with E-state index in [4.69, 9.17) is 4.74 Å². The Kier molecular flexibility index (Phi) is 6.80. The first-order valence-electron chi connectivity index (χ1n) is 11.2. The predicted octanol–water partition coefficient (Wildman–Crippen LogP) is 4.35. The number of morpholine rings is 1. The third-order valence-electron chi connectivity index (χ3n) is 6.42. The topological polar surface area (TPSA) is 83.6 Å². The number of hydrogen-bond donors (Lipinski definition) is 2. The van der Waals surface area contributed by atoms with Gasteiger partial charge in [-0.25, -0.2) is 9.37 Å². The van der Waals surface area contributed by atoms with Crippen LogP contribution in [0.2, 0.25) is 0 Å². The van der Waals surface area contributed by atoms with Crippen LogP contribution in [-0.2, 0) is 14.3 Å². The van der Waals surface area contributed by atoms with Gasteiger partial charge in [0.2, 0.25) is 5.91 Å². The molecule has 12 heteroatoms. The van der Waals surface area contributed by atoms with Gasteiger partial charge in [0, 0.05) is 18.7 Å². The number of carbonyl (C=O) groups excluding carboxylic acids is 2. The number of carbonyl (C=O) groups is 2. The number of rotatable bonds is 6. The minimum Gasteiger partial charge on any atom is -0.378 e. The maximum absolute atomic E-state index is 13.5. The van der Waals surface area contributed by atoms with Crippen LogP contribution in [0.15, 0.2) is 24.3 Å². The Morgan fingerprint density at radius 1 is 1.11 bits per heavy atom. The summed E-state index contributed by atoms with van der Waals surface area (Å²) in [6.45, 7) is 4.93. The molecular formula is C23H26F4N4O3S. The Morgan fingerprint density at radius 3 is 2.29 bits per heavy atom. The normalized spacial score (nSPS) is 18.1. The van der Waals surface area contributed by atoms with Gasteiger partial charge in [0.15, 0.2) is 5.13 Å². The highest BCUT2D eigenvalue weighted by Crippen LogP contribution is 2.53. The van der Waals surface area contributed by atoms with E-state index in [9.17, 15) is 27.2 Å². The molecule has 2 fully saturated rings. The highest BCUT2D eigenvalue weighted by molar-refractivity contribution is 7.20. The zero-order valence-electron chi connectivity index (χ0n) is 19.3. The maximum Gasteiger partial charge on any atom is 0.403 e. The van der Waals surface area contributed by atoms with Crippen molar-refractivity contribution in [2.45, 2.75) is 44.8 Å². The second kappa shape index (κ2) is 9.38. The molecule has 7 nitrogen and oxygen atoms in total. The highest BCUT2D eigenvalue weighted by Gasteiger charge is 2.64. The van der Waals surface area contributed by atoms with Gasteiger partial charge in [0.25, 0.3) is 5.91 Å². The van der Waals surface area contributed by atoms with Gasteiger partial charge in [-0.15, -0.1) is 0 Å². The van der Waals surface area contributed by atoms with Crippen LogP contribution < -0.4 is 15.5 Å². The highest BCUT2D eigenvalue weighted by atomic mass is 32.1. The van der Waals surface area contributed by atoms with Crippen molar-refractivity contribution in [3.8, 4) is 11.3 Å². The molecule has 0 unspecified atom stereocenters. The summed E-state index contributed by atoms with van der Waals surface area (Å²) in [6.07, 6.45) is -4.98. The number of nitrogens with zero attached hydrogens (tertiary/aromatic N) is 2. The fourth-order valence-corrected chi connectivity index (χ4v) is 5.06. The first-order valence-corrected chi connectivity index (χ1v) is 12.0. The van der Waals surface area contributed by atoms with E-state index in [0.717, 1.165) is 5.00 Å². The molecule has 1 aromatic carbocycles. The lowest BCUT2D eigenvalue weighted by molar-refractivity contribution is -0.243. The van der Waals surface area contributed by atoms with Crippen LogP contribution in [-0.4, -0.2) is 54.8 Å². The lowest BCUT2D eigenvalue weighted by Crippen LogP contribution is -2.61. The first kappa shape index (κ1) is 25.4. The quantitative estimate of drug-likeness (QED) is 0.560. The van der Waals surface area contributed by atoms with Gasteiger partial charge in [-0.2, -0.15) is 13.2 Å². The van der Waals surface area contributed by atoms with E-state index in [1.807, 2.05) is 4.90 Å². The third kappa shape index (κ3) is 4.99. The Bertz CT molecular complexity index is 1090. The van der Waals surface area contributed by atoms with Gasteiger partial charge in [0.05, 0.1) is 13.2 Å². The molecule has 0 atom stereocenters. The van der Waals surface area contributed by atoms with Crippen LogP contribution in [0.4, 0.5) is 27.7 Å². The van der Waals surface area contributed by atoms with Crippen molar-refractivity contribution in [2.75, 3.05) is 36.5 Å². The Morgan fingerprint density at radius 2 is 1.74 bits per heavy atom. The molecule has 2 heterocycles. The molecule has 2 aliphatic rings. The first-order chi connectivity index (χ1) is 16.4. The van der Waals surface area contributed by atoms with Crippen LogP contribution in [0.5, 0.6) is 0 Å². The van der Waals surface area contributed by atoms with E-state index in [0.29, 0.717) is 44.0 Å². The van der Waals surface area contributed by atoms with Gasteiger partial charge in [-0.05, 0) is 51.0 Å². The van der Waals surface area contributed by atoms with Crippen LogP contribution in [0.1, 0.15) is 33.1 Å². The number of alkyl halides is 3. The number of anilines is 2. The third-order valence-corrected chi connectivity index (χ3v) is 7.46. The summed E-state index contributed by atoms with van der Waals surface area (Å²) in [5.74, 6) is -2.29. The molecule has 4 rings (SSSR count). The molecule has 1 saturated carbocycles. The monoisotopic (exact) mass is 514 g/mol. The average molecular weight is 515 g/mol. The molecule has 1 aliphatic heterocycles. The van der Waals surface area contributed by atoms with Crippen molar-refractivity contribution >= 4 is 33.3 Å². The number of ether oxygens (including phenoxy) is 1. The van der Waals surface area contributed by atoms with E-state index in [1.54, 1.807) is 12.1 Å². The number of benzene rings is 1. The average Bonchev–Trinajstić information content (AvgIpc) is 3.16. The smallest absolute Gasteiger partial charge is 0.378 e. The van der Waals surface area contributed by atoms with Gasteiger partial charge >= 0.3 is 6.18 Å². The maximum atomic E-state index is 13.5. The molecular weight excluding hydrogens is 488 g/mol. The molecule has 190 valence electrons. The predicted molar refractivity (Wildman–Crippen MR) is 124 cm³/mol. The summed E-state index contributed by atoms with van der Waals surface area (Å²) in [5, 5.41) is 5.89. The van der Waals surface area contributed by atoms with Crippen molar-refractivity contribution in [2.24, 2.45) is 5.41 Å². The fraction of sp³-hybridized carbons (Fsp3) is 0.522. The van der Waals surface area contributed by atoms with Crippen molar-refractivity contribution in [3.05, 3.63) is 30.1 Å². The van der Waals surface area contributed by atoms with Crippen LogP contribution in [0, 0.1) is 11.2 Å². The Hall–Kier alpha value is -2.73. The van der Waals surface area contributed by atoms with Gasteiger partial charge < -0.3 is 15.0 Å². The van der Waals surface area contributed by atoms with E-state index < -0.39 is 34.8 Å². The SMILES string of the molecule is CC(C)(NC(=O)C1(C(F)(F)F)CCC1)C(=O)Nc1nc(-c2ccc(F)cc2)c(N2CCOCC2)s1. The number of amides is 2. The number of halogens is 4. The summed E-state index contributed by atoms with van der Waals surface area (Å²) in [5.41, 5.74) is -2.88. The van der Waals surface area contributed by atoms with Crippen molar-refractivity contribution in [3.63, 3.8) is 0 Å². The minimum absolute atomic E-state index is 0.215. The van der Waals surface area contributed by atoms with E-state index in [-0.39, 0.29) is 18.0 Å². The van der Waals surface area contributed by atoms with Crippen LogP contribution in [0.25, 0.3) is 11.3 Å². The van der Waals surface area contributed by atoms with Gasteiger partial charge in [-0.1, -0.05) is 17.8 Å². The molecule has 2 N–H and O–H groups in total. The molecule has 2 amide bonds. The number of nitrogens with one attached hydrogen (secondary N) is 2. The number of hydrogen-bond acceptors (Lipinski definition) is 6. The molecule has 1 aliphatic carbocycles. The number of thiazole rings is 1. The van der Waals surface area contributed by atoms with Crippen LogP contribution in [0.3, 0.4) is 0 Å². The molecule has 35 heavy (non-hydrogen) atoms. The summed E-state index contributed by atoms with van der Waals surface area (Å²) in [7, 11) is 0. The lowest BCUT2D eigenvalue weighted by Gasteiger charge is -2.43. The molecule has 1 saturated heterocycles. The summed E-state index contributed by atoms with van der Waals surface area (Å²) in [6, 6.07) is 5.79. The van der Waals surface area contributed by atoms with Gasteiger partial charge in [-0.3, -0.25) is 14.9 Å². The van der Waals surface area contributed by atoms with Crippen molar-refractivity contribution in [1.82, 2.24) is 10.3 Å². The van der Waals surface area contributed by atoms with Crippen molar-refractivity contribution in [1.29, 1.82) is 0 Å². The van der Waals surface area contributed by atoms with E-state index in [1.165, 1.54) is 37.3 Å². The van der Waals surface area contributed by atoms with Crippen LogP contribution >= 0.6 is 11.3 Å². The largest absolute Gasteiger partial charge is 0.403 e. The molecule has 1 aromatic heterocycles.